The van der Waals surface area contributed by atoms with E-state index >= 15 is 0 Å². The summed E-state index contributed by atoms with van der Waals surface area (Å²) in [6, 6.07) is 17.6. The monoisotopic (exact) mass is 226 g/mol. The van der Waals surface area contributed by atoms with E-state index in [0.717, 1.165) is 18.4 Å². The third kappa shape index (κ3) is 3.14. The molecule has 3 heteroatoms. The number of benzene rings is 2. The molecule has 0 heterocycles. The molecule has 17 heavy (non-hydrogen) atoms. The number of nitro benzene ring substituents is 1. The first kappa shape index (κ1) is 11.3. The zero-order chi connectivity index (χ0) is 12.1. The molecule has 0 bridgehead atoms. The Labute approximate surface area is 99.9 Å². The molecule has 0 aliphatic heterocycles. The predicted molar refractivity (Wildman–Crippen MR) is 65.8 cm³/mol. The van der Waals surface area contributed by atoms with Gasteiger partial charge in [-0.25, -0.2) is 0 Å². The van der Waals surface area contributed by atoms with Crippen LogP contribution in [-0.2, 0) is 12.8 Å². The van der Waals surface area contributed by atoms with E-state index in [9.17, 15) is 10.1 Å². The van der Waals surface area contributed by atoms with Gasteiger partial charge < -0.3 is 0 Å². The minimum Gasteiger partial charge on any atom is -0.258 e. The van der Waals surface area contributed by atoms with E-state index in [1.165, 1.54) is 5.56 Å². The normalized spacial score (nSPS) is 10.1. The maximum atomic E-state index is 10.5. The molecule has 0 spiro atoms. The largest absolute Gasteiger partial charge is 0.269 e. The van der Waals surface area contributed by atoms with Gasteiger partial charge in [-0.05, 0) is 30.0 Å². The van der Waals surface area contributed by atoms with E-state index in [1.54, 1.807) is 12.1 Å². The topological polar surface area (TPSA) is 43.1 Å². The average Bonchev–Trinajstić information content (AvgIpc) is 2.38. The van der Waals surface area contributed by atoms with E-state index < -0.39 is 0 Å². The smallest absolute Gasteiger partial charge is 0.258 e. The summed E-state index contributed by atoms with van der Waals surface area (Å²) >= 11 is 0. The van der Waals surface area contributed by atoms with Crippen molar-refractivity contribution in [2.45, 2.75) is 12.8 Å². The van der Waals surface area contributed by atoms with Gasteiger partial charge in [-0.3, -0.25) is 10.1 Å². The van der Waals surface area contributed by atoms with Crippen LogP contribution in [0.2, 0.25) is 0 Å². The molecule has 0 unspecified atom stereocenters. The summed E-state index contributed by atoms with van der Waals surface area (Å²) in [7, 11) is 0. The summed E-state index contributed by atoms with van der Waals surface area (Å²) in [5.74, 6) is 0. The molecular weight excluding hydrogens is 214 g/mol. The molecule has 0 aliphatic rings. The minimum absolute atomic E-state index is 0.142. The Hall–Kier alpha value is -2.16. The Morgan fingerprint density at radius 2 is 1.47 bits per heavy atom. The number of hydrogen-bond donors (Lipinski definition) is 0. The van der Waals surface area contributed by atoms with Gasteiger partial charge in [0.05, 0.1) is 4.92 Å². The van der Waals surface area contributed by atoms with Gasteiger partial charge in [-0.2, -0.15) is 0 Å². The van der Waals surface area contributed by atoms with Crippen LogP contribution in [0, 0.1) is 16.2 Å². The maximum Gasteiger partial charge on any atom is 0.269 e. The van der Waals surface area contributed by atoms with E-state index in [4.69, 9.17) is 0 Å². The van der Waals surface area contributed by atoms with Gasteiger partial charge >= 0.3 is 0 Å². The van der Waals surface area contributed by atoms with Gasteiger partial charge in [0, 0.05) is 12.1 Å². The quantitative estimate of drug-likeness (QED) is 0.593. The molecule has 85 valence electrons. The van der Waals surface area contributed by atoms with Crippen LogP contribution in [-0.4, -0.2) is 4.92 Å². The second-order valence-corrected chi connectivity index (χ2v) is 3.83. The predicted octanol–water partition coefficient (Wildman–Crippen LogP) is 3.18. The van der Waals surface area contributed by atoms with Crippen molar-refractivity contribution in [1.82, 2.24) is 0 Å². The molecule has 2 rings (SSSR count). The number of rotatable bonds is 4. The van der Waals surface area contributed by atoms with Crippen molar-refractivity contribution in [2.75, 3.05) is 0 Å². The van der Waals surface area contributed by atoms with E-state index in [2.05, 4.69) is 6.07 Å². The second-order valence-electron chi connectivity index (χ2n) is 3.83. The third-order valence-corrected chi connectivity index (χ3v) is 2.64. The molecule has 0 aliphatic carbocycles. The molecular formula is C14H12NO2. The highest BCUT2D eigenvalue weighted by molar-refractivity contribution is 5.33. The molecule has 0 N–H and O–H groups in total. The highest BCUT2D eigenvalue weighted by Gasteiger charge is 2.03. The molecule has 1 radical (unpaired) electrons. The first-order chi connectivity index (χ1) is 8.25. The molecule has 0 aromatic heterocycles. The Bertz CT molecular complexity index is 491. The lowest BCUT2D eigenvalue weighted by atomic mass is 10.0. The lowest BCUT2D eigenvalue weighted by Gasteiger charge is -2.01. The lowest BCUT2D eigenvalue weighted by Crippen LogP contribution is -1.92. The van der Waals surface area contributed by atoms with Crippen LogP contribution in [0.5, 0.6) is 0 Å². The van der Waals surface area contributed by atoms with Gasteiger partial charge in [-0.15, -0.1) is 0 Å². The van der Waals surface area contributed by atoms with Gasteiger partial charge in [0.15, 0.2) is 0 Å². The summed E-state index contributed by atoms with van der Waals surface area (Å²) in [5, 5.41) is 10.5. The molecule has 0 saturated heterocycles. The standard InChI is InChI=1S/C14H12NO2/c16-15(17)14-10-8-13(9-11-14)7-6-12-4-2-1-3-5-12/h2-5,8-11H,6-7H2. The minimum atomic E-state index is -0.378. The molecule has 2 aromatic carbocycles. The van der Waals surface area contributed by atoms with E-state index in [1.807, 2.05) is 36.4 Å². The first-order valence-electron chi connectivity index (χ1n) is 5.44. The van der Waals surface area contributed by atoms with Crippen LogP contribution in [0.25, 0.3) is 0 Å². The highest BCUT2D eigenvalue weighted by Crippen LogP contribution is 2.13. The Balaban J connectivity index is 1.98. The van der Waals surface area contributed by atoms with Crippen molar-refractivity contribution in [3.63, 3.8) is 0 Å². The van der Waals surface area contributed by atoms with Crippen LogP contribution in [0.4, 0.5) is 5.69 Å². The Morgan fingerprint density at radius 1 is 0.941 bits per heavy atom. The summed E-state index contributed by atoms with van der Waals surface area (Å²) in [5.41, 5.74) is 2.51. The fourth-order valence-electron chi connectivity index (χ4n) is 1.66. The van der Waals surface area contributed by atoms with Crippen molar-refractivity contribution < 1.29 is 4.92 Å². The molecule has 0 fully saturated rings. The Morgan fingerprint density at radius 3 is 2.00 bits per heavy atom. The molecule has 2 aromatic rings. The van der Waals surface area contributed by atoms with Crippen molar-refractivity contribution >= 4 is 5.69 Å². The summed E-state index contributed by atoms with van der Waals surface area (Å²) in [6.07, 6.45) is 1.83. The van der Waals surface area contributed by atoms with Crippen LogP contribution in [0.15, 0.2) is 48.5 Å². The third-order valence-electron chi connectivity index (χ3n) is 2.64. The fraction of sp³-hybridized carbons (Fsp3) is 0.143. The van der Waals surface area contributed by atoms with Crippen molar-refractivity contribution in [3.8, 4) is 0 Å². The van der Waals surface area contributed by atoms with E-state index in [0.29, 0.717) is 0 Å². The fourth-order valence-corrected chi connectivity index (χ4v) is 1.66. The molecule has 0 amide bonds. The zero-order valence-electron chi connectivity index (χ0n) is 9.30. The number of aryl methyl sites for hydroxylation is 2. The van der Waals surface area contributed by atoms with Crippen molar-refractivity contribution in [1.29, 1.82) is 0 Å². The SMILES string of the molecule is O=[N+]([O-])c1ccc(CCc2cc[c]cc2)cc1. The molecule has 0 saturated carbocycles. The van der Waals surface area contributed by atoms with Crippen molar-refractivity contribution in [2.24, 2.45) is 0 Å². The zero-order valence-corrected chi connectivity index (χ0v) is 9.30. The first-order valence-corrected chi connectivity index (χ1v) is 5.44. The summed E-state index contributed by atoms with van der Waals surface area (Å²) in [6.45, 7) is 0. The molecule has 3 nitrogen and oxygen atoms in total. The van der Waals surface area contributed by atoms with Gasteiger partial charge in [-0.1, -0.05) is 36.4 Å². The van der Waals surface area contributed by atoms with E-state index in [-0.39, 0.29) is 10.6 Å². The number of non-ortho nitro benzene ring substituents is 1. The van der Waals surface area contributed by atoms with Gasteiger partial charge in [0.2, 0.25) is 0 Å². The van der Waals surface area contributed by atoms with Crippen molar-refractivity contribution in [3.05, 3.63) is 75.8 Å². The van der Waals surface area contributed by atoms with Gasteiger partial charge in [0.25, 0.3) is 5.69 Å². The number of nitro groups is 1. The number of hydrogen-bond acceptors (Lipinski definition) is 2. The van der Waals surface area contributed by atoms with Crippen LogP contribution in [0.3, 0.4) is 0 Å². The van der Waals surface area contributed by atoms with Crippen LogP contribution in [0.1, 0.15) is 11.1 Å². The summed E-state index contributed by atoms with van der Waals surface area (Å²) in [4.78, 5) is 10.1. The van der Waals surface area contributed by atoms with Crippen LogP contribution < -0.4 is 0 Å². The lowest BCUT2D eigenvalue weighted by molar-refractivity contribution is -0.384. The number of nitrogens with zero attached hydrogens (tertiary/aromatic N) is 1. The highest BCUT2D eigenvalue weighted by atomic mass is 16.6. The van der Waals surface area contributed by atoms with Crippen LogP contribution >= 0.6 is 0 Å². The second kappa shape index (κ2) is 5.25. The van der Waals surface area contributed by atoms with Gasteiger partial charge in [0.1, 0.15) is 0 Å². The maximum absolute atomic E-state index is 10.5. The summed E-state index contributed by atoms with van der Waals surface area (Å²) < 4.78 is 0. The Kier molecular flexibility index (Phi) is 3.50. The average molecular weight is 226 g/mol. The molecule has 0 atom stereocenters.